The molecule has 152 valence electrons. The Balaban J connectivity index is 1.61. The topological polar surface area (TPSA) is 86.8 Å². The standard InChI is InChI=1S/C17H20ClN3O4S3/c1-12(22)19-13(14-3-2-10-26-14)11-16(23)20-6-8-21(9-7-20)28(24,25)17-5-4-15(18)27-17/h2-5,10,13H,6-9,11H2,1H3,(H,19,22). The maximum Gasteiger partial charge on any atom is 0.252 e. The van der Waals surface area contributed by atoms with E-state index in [9.17, 15) is 18.0 Å². The van der Waals surface area contributed by atoms with Crippen LogP contribution in [0.1, 0.15) is 24.3 Å². The number of carbonyl (C=O) groups excluding carboxylic acids is 2. The van der Waals surface area contributed by atoms with Gasteiger partial charge in [-0.15, -0.1) is 22.7 Å². The monoisotopic (exact) mass is 461 g/mol. The van der Waals surface area contributed by atoms with Gasteiger partial charge in [-0.05, 0) is 23.6 Å². The molecule has 11 heteroatoms. The normalized spacial score (nSPS) is 16.7. The summed E-state index contributed by atoms with van der Waals surface area (Å²) in [6, 6.07) is 6.44. The fourth-order valence-electron chi connectivity index (χ4n) is 3.00. The minimum Gasteiger partial charge on any atom is -0.348 e. The van der Waals surface area contributed by atoms with Crippen LogP contribution in [0, 0.1) is 0 Å². The SMILES string of the molecule is CC(=O)NC(CC(=O)N1CCN(S(=O)(=O)c2ccc(Cl)s2)CC1)c1cccs1. The van der Waals surface area contributed by atoms with Crippen LogP contribution in [0.3, 0.4) is 0 Å². The maximum atomic E-state index is 12.7. The highest BCUT2D eigenvalue weighted by Gasteiger charge is 2.32. The van der Waals surface area contributed by atoms with Crippen LogP contribution in [0.2, 0.25) is 4.34 Å². The third-order valence-corrected chi connectivity index (χ3v) is 8.96. The van der Waals surface area contributed by atoms with Crippen molar-refractivity contribution in [2.24, 2.45) is 0 Å². The summed E-state index contributed by atoms with van der Waals surface area (Å²) in [7, 11) is -3.59. The molecule has 0 aromatic carbocycles. The number of halogens is 1. The zero-order chi connectivity index (χ0) is 20.3. The Labute approximate surface area is 177 Å². The number of rotatable bonds is 6. The van der Waals surface area contributed by atoms with Gasteiger partial charge in [0.25, 0.3) is 10.0 Å². The van der Waals surface area contributed by atoms with E-state index < -0.39 is 10.0 Å². The molecule has 1 fully saturated rings. The van der Waals surface area contributed by atoms with Crippen molar-refractivity contribution < 1.29 is 18.0 Å². The van der Waals surface area contributed by atoms with Crippen molar-refractivity contribution in [1.82, 2.24) is 14.5 Å². The van der Waals surface area contributed by atoms with Crippen molar-refractivity contribution in [2.75, 3.05) is 26.2 Å². The van der Waals surface area contributed by atoms with Crippen molar-refractivity contribution in [2.45, 2.75) is 23.6 Å². The Morgan fingerprint density at radius 2 is 1.93 bits per heavy atom. The Bertz CT molecular complexity index is 935. The summed E-state index contributed by atoms with van der Waals surface area (Å²) < 4.78 is 27.3. The number of hydrogen-bond donors (Lipinski definition) is 1. The van der Waals surface area contributed by atoms with Crippen molar-refractivity contribution in [3.8, 4) is 0 Å². The molecule has 1 atom stereocenters. The summed E-state index contributed by atoms with van der Waals surface area (Å²) in [4.78, 5) is 26.8. The molecule has 2 aromatic rings. The third-order valence-electron chi connectivity index (χ3n) is 4.38. The summed E-state index contributed by atoms with van der Waals surface area (Å²) in [5, 5.41) is 4.71. The first-order valence-electron chi connectivity index (χ1n) is 8.61. The minimum atomic E-state index is -3.59. The van der Waals surface area contributed by atoms with Crippen LogP contribution in [-0.2, 0) is 19.6 Å². The van der Waals surface area contributed by atoms with Gasteiger partial charge < -0.3 is 10.2 Å². The number of hydrogen-bond acceptors (Lipinski definition) is 6. The summed E-state index contributed by atoms with van der Waals surface area (Å²) in [6.07, 6.45) is 0.146. The summed E-state index contributed by atoms with van der Waals surface area (Å²) >= 11 is 8.36. The fraction of sp³-hybridized carbons (Fsp3) is 0.412. The molecule has 3 rings (SSSR count). The average molecular weight is 462 g/mol. The lowest BCUT2D eigenvalue weighted by molar-refractivity contribution is -0.133. The van der Waals surface area contributed by atoms with Crippen molar-refractivity contribution in [1.29, 1.82) is 0 Å². The van der Waals surface area contributed by atoms with Crippen LogP contribution in [0.4, 0.5) is 0 Å². The summed E-state index contributed by atoms with van der Waals surface area (Å²) in [5.41, 5.74) is 0. The molecule has 1 aliphatic rings. The summed E-state index contributed by atoms with van der Waals surface area (Å²) in [5.74, 6) is -0.305. The van der Waals surface area contributed by atoms with Gasteiger partial charge in [-0.2, -0.15) is 4.31 Å². The number of nitrogens with one attached hydrogen (secondary N) is 1. The summed E-state index contributed by atoms with van der Waals surface area (Å²) in [6.45, 7) is 2.51. The van der Waals surface area contributed by atoms with Gasteiger partial charge in [0.15, 0.2) is 0 Å². The zero-order valence-electron chi connectivity index (χ0n) is 15.1. The minimum absolute atomic E-state index is 0.108. The zero-order valence-corrected chi connectivity index (χ0v) is 18.3. The molecular formula is C17H20ClN3O4S3. The lowest BCUT2D eigenvalue weighted by Gasteiger charge is -2.34. The number of carbonyl (C=O) groups is 2. The molecule has 2 aromatic heterocycles. The van der Waals surface area contributed by atoms with Crippen molar-refractivity contribution >= 4 is 56.1 Å². The molecule has 0 radical (unpaired) electrons. The van der Waals surface area contributed by atoms with Gasteiger partial charge in [0.2, 0.25) is 11.8 Å². The predicted octanol–water partition coefficient (Wildman–Crippen LogP) is 2.56. The molecule has 0 spiro atoms. The second-order valence-electron chi connectivity index (χ2n) is 6.32. The molecule has 1 saturated heterocycles. The van der Waals surface area contributed by atoms with Crippen LogP contribution >= 0.6 is 34.3 Å². The highest BCUT2D eigenvalue weighted by Crippen LogP contribution is 2.29. The van der Waals surface area contributed by atoms with E-state index in [2.05, 4.69) is 5.32 Å². The molecular weight excluding hydrogens is 442 g/mol. The molecule has 2 amide bonds. The van der Waals surface area contributed by atoms with E-state index >= 15 is 0 Å². The molecule has 0 aliphatic carbocycles. The van der Waals surface area contributed by atoms with Gasteiger partial charge in [-0.1, -0.05) is 17.7 Å². The third kappa shape index (κ3) is 4.93. The molecule has 28 heavy (non-hydrogen) atoms. The van der Waals surface area contributed by atoms with Crippen LogP contribution < -0.4 is 5.32 Å². The van der Waals surface area contributed by atoms with E-state index in [1.807, 2.05) is 17.5 Å². The Morgan fingerprint density at radius 1 is 1.21 bits per heavy atom. The lowest BCUT2D eigenvalue weighted by atomic mass is 10.1. The van der Waals surface area contributed by atoms with Gasteiger partial charge in [0.05, 0.1) is 16.8 Å². The molecule has 7 nitrogen and oxygen atoms in total. The van der Waals surface area contributed by atoms with E-state index in [0.29, 0.717) is 17.4 Å². The molecule has 1 aliphatic heterocycles. The molecule has 1 N–H and O–H groups in total. The van der Waals surface area contributed by atoms with E-state index in [1.54, 1.807) is 11.0 Å². The highest BCUT2D eigenvalue weighted by molar-refractivity contribution is 7.91. The van der Waals surface area contributed by atoms with Crippen LogP contribution in [0.15, 0.2) is 33.9 Å². The van der Waals surface area contributed by atoms with E-state index in [1.165, 1.54) is 28.6 Å². The lowest BCUT2D eigenvalue weighted by Crippen LogP contribution is -2.50. The second kappa shape index (κ2) is 8.91. The maximum absolute atomic E-state index is 12.7. The Hall–Kier alpha value is -1.46. The fourth-order valence-corrected chi connectivity index (χ4v) is 6.84. The second-order valence-corrected chi connectivity index (χ2v) is 11.2. The van der Waals surface area contributed by atoms with Gasteiger partial charge in [-0.3, -0.25) is 9.59 Å². The molecule has 1 unspecified atom stereocenters. The number of sulfonamides is 1. The highest BCUT2D eigenvalue weighted by atomic mass is 35.5. The number of amides is 2. The van der Waals surface area contributed by atoms with Gasteiger partial charge in [0, 0.05) is 38.0 Å². The molecule has 3 heterocycles. The molecule has 0 saturated carbocycles. The van der Waals surface area contributed by atoms with Crippen molar-refractivity contribution in [3.05, 3.63) is 38.9 Å². The Morgan fingerprint density at radius 3 is 2.46 bits per heavy atom. The van der Waals surface area contributed by atoms with Crippen LogP contribution in [0.5, 0.6) is 0 Å². The number of piperazine rings is 1. The van der Waals surface area contributed by atoms with Gasteiger partial charge in [-0.25, -0.2) is 8.42 Å². The first-order valence-corrected chi connectivity index (χ1v) is 12.1. The quantitative estimate of drug-likeness (QED) is 0.716. The van der Waals surface area contributed by atoms with Crippen LogP contribution in [-0.4, -0.2) is 55.6 Å². The number of nitrogens with zero attached hydrogens (tertiary/aromatic N) is 2. The van der Waals surface area contributed by atoms with E-state index in [4.69, 9.17) is 11.6 Å². The predicted molar refractivity (Wildman–Crippen MR) is 110 cm³/mol. The van der Waals surface area contributed by atoms with Gasteiger partial charge >= 0.3 is 0 Å². The Kier molecular flexibility index (Phi) is 6.77. The smallest absolute Gasteiger partial charge is 0.252 e. The average Bonchev–Trinajstić information content (AvgIpc) is 3.33. The van der Waals surface area contributed by atoms with E-state index in [0.717, 1.165) is 16.2 Å². The molecule has 0 bridgehead atoms. The van der Waals surface area contributed by atoms with E-state index in [-0.39, 0.29) is 41.6 Å². The first kappa shape index (κ1) is 21.3. The van der Waals surface area contributed by atoms with Crippen LogP contribution in [0.25, 0.3) is 0 Å². The largest absolute Gasteiger partial charge is 0.348 e. The number of thiophene rings is 2. The first-order chi connectivity index (χ1) is 13.3. The van der Waals surface area contributed by atoms with Gasteiger partial charge in [0.1, 0.15) is 4.21 Å². The van der Waals surface area contributed by atoms with Crippen molar-refractivity contribution in [3.63, 3.8) is 0 Å².